The van der Waals surface area contributed by atoms with Crippen molar-refractivity contribution in [1.82, 2.24) is 19.9 Å². The molecule has 1 aromatic carbocycles. The van der Waals surface area contributed by atoms with Crippen LogP contribution in [0.1, 0.15) is 29.0 Å². The van der Waals surface area contributed by atoms with Gasteiger partial charge in [-0.25, -0.2) is 0 Å². The summed E-state index contributed by atoms with van der Waals surface area (Å²) in [5, 5.41) is 1.35. The molecule has 1 atom stereocenters. The van der Waals surface area contributed by atoms with Crippen LogP contribution in [0.25, 0.3) is 22.2 Å². The minimum absolute atomic E-state index is 0.565. The predicted molar refractivity (Wildman–Crippen MR) is 113 cm³/mol. The van der Waals surface area contributed by atoms with E-state index < -0.39 is 0 Å². The lowest BCUT2D eigenvalue weighted by atomic mass is 9.97. The smallest absolute Gasteiger partial charge is 0.0705 e. The molecular weight excluding hydrogens is 344 g/mol. The lowest BCUT2D eigenvalue weighted by Gasteiger charge is -2.16. The molecule has 1 saturated heterocycles. The van der Waals surface area contributed by atoms with Crippen LogP contribution in [-0.4, -0.2) is 32.9 Å². The standard InChI is InChI=1S/C24H24N4/c1-17-2-3-23-22(12-17)21(14-27-23)16-28-11-7-20(15-28)19-6-10-26-24(13-19)18-4-8-25-9-5-18/h2-6,8-10,12-14,20,27H,7,11,15-16H2,1H3. The van der Waals surface area contributed by atoms with Crippen LogP contribution in [0.4, 0.5) is 0 Å². The molecule has 28 heavy (non-hydrogen) atoms. The minimum atomic E-state index is 0.565. The van der Waals surface area contributed by atoms with Crippen LogP contribution in [0.15, 0.2) is 67.3 Å². The van der Waals surface area contributed by atoms with Gasteiger partial charge in [-0.15, -0.1) is 0 Å². The van der Waals surface area contributed by atoms with Gasteiger partial charge in [0.25, 0.3) is 0 Å². The summed E-state index contributed by atoms with van der Waals surface area (Å²) >= 11 is 0. The molecule has 4 nitrogen and oxygen atoms in total. The second-order valence-corrected chi connectivity index (χ2v) is 7.79. The first-order chi connectivity index (χ1) is 13.8. The van der Waals surface area contributed by atoms with Crippen molar-refractivity contribution in [2.24, 2.45) is 0 Å². The number of hydrogen-bond acceptors (Lipinski definition) is 3. The average molecular weight is 368 g/mol. The van der Waals surface area contributed by atoms with Crippen LogP contribution in [-0.2, 0) is 6.54 Å². The fourth-order valence-electron chi connectivity index (χ4n) is 4.29. The summed E-state index contributed by atoms with van der Waals surface area (Å²) in [6.45, 7) is 5.39. The van der Waals surface area contributed by atoms with Crippen LogP contribution in [0.5, 0.6) is 0 Å². The van der Waals surface area contributed by atoms with Gasteiger partial charge < -0.3 is 4.98 Å². The van der Waals surface area contributed by atoms with Gasteiger partial charge in [0.2, 0.25) is 0 Å². The highest BCUT2D eigenvalue weighted by Gasteiger charge is 2.25. The lowest BCUT2D eigenvalue weighted by molar-refractivity contribution is 0.328. The van der Waals surface area contributed by atoms with Gasteiger partial charge in [0.05, 0.1) is 5.69 Å². The Morgan fingerprint density at radius 1 is 1.07 bits per heavy atom. The average Bonchev–Trinajstić information content (AvgIpc) is 3.36. The number of aromatic amines is 1. The summed E-state index contributed by atoms with van der Waals surface area (Å²) in [6.07, 6.45) is 8.95. The quantitative estimate of drug-likeness (QED) is 0.556. The molecule has 4 heterocycles. The molecule has 3 aromatic heterocycles. The molecule has 1 N–H and O–H groups in total. The highest BCUT2D eigenvalue weighted by Crippen LogP contribution is 2.31. The van der Waals surface area contributed by atoms with E-state index in [-0.39, 0.29) is 0 Å². The first-order valence-corrected chi connectivity index (χ1v) is 9.91. The Morgan fingerprint density at radius 2 is 1.96 bits per heavy atom. The Bertz CT molecular complexity index is 1100. The van der Waals surface area contributed by atoms with Crippen LogP contribution in [0, 0.1) is 6.92 Å². The van der Waals surface area contributed by atoms with Gasteiger partial charge in [0.15, 0.2) is 0 Å². The van der Waals surface area contributed by atoms with Crippen molar-refractivity contribution >= 4 is 10.9 Å². The molecule has 4 heteroatoms. The molecule has 1 aliphatic rings. The number of aryl methyl sites for hydroxylation is 1. The maximum atomic E-state index is 4.56. The number of pyridine rings is 2. The molecule has 1 fully saturated rings. The van der Waals surface area contributed by atoms with Gasteiger partial charge in [-0.2, -0.15) is 0 Å². The predicted octanol–water partition coefficient (Wildman–Crippen LogP) is 4.92. The summed E-state index contributed by atoms with van der Waals surface area (Å²) in [7, 11) is 0. The highest BCUT2D eigenvalue weighted by atomic mass is 15.1. The molecule has 5 rings (SSSR count). The van der Waals surface area contributed by atoms with Crippen molar-refractivity contribution in [3.8, 4) is 11.3 Å². The molecule has 1 aliphatic heterocycles. The van der Waals surface area contributed by atoms with E-state index in [1.165, 1.54) is 34.0 Å². The van der Waals surface area contributed by atoms with E-state index in [0.717, 1.165) is 30.9 Å². The maximum absolute atomic E-state index is 4.56. The molecule has 0 aliphatic carbocycles. The zero-order valence-electron chi connectivity index (χ0n) is 16.1. The van der Waals surface area contributed by atoms with Crippen molar-refractivity contribution in [3.63, 3.8) is 0 Å². The van der Waals surface area contributed by atoms with E-state index in [2.05, 4.69) is 63.3 Å². The largest absolute Gasteiger partial charge is 0.361 e. The first-order valence-electron chi connectivity index (χ1n) is 9.91. The van der Waals surface area contributed by atoms with E-state index in [1.807, 2.05) is 30.7 Å². The number of rotatable bonds is 4. The van der Waals surface area contributed by atoms with Crippen LogP contribution in [0.2, 0.25) is 0 Å². The minimum Gasteiger partial charge on any atom is -0.361 e. The van der Waals surface area contributed by atoms with Gasteiger partial charge in [-0.05, 0) is 73.3 Å². The number of nitrogens with one attached hydrogen (secondary N) is 1. The fourth-order valence-corrected chi connectivity index (χ4v) is 4.29. The Labute approximate surface area is 165 Å². The number of hydrogen-bond donors (Lipinski definition) is 1. The second-order valence-electron chi connectivity index (χ2n) is 7.79. The van der Waals surface area contributed by atoms with E-state index in [9.17, 15) is 0 Å². The molecule has 0 amide bonds. The Balaban J connectivity index is 1.33. The maximum Gasteiger partial charge on any atom is 0.0705 e. The molecule has 140 valence electrons. The fraction of sp³-hybridized carbons (Fsp3) is 0.250. The van der Waals surface area contributed by atoms with Crippen molar-refractivity contribution < 1.29 is 0 Å². The van der Waals surface area contributed by atoms with E-state index in [0.29, 0.717) is 5.92 Å². The number of benzene rings is 1. The summed E-state index contributed by atoms with van der Waals surface area (Å²) in [6, 6.07) is 15.1. The zero-order chi connectivity index (χ0) is 18.9. The van der Waals surface area contributed by atoms with E-state index >= 15 is 0 Å². The van der Waals surface area contributed by atoms with Crippen molar-refractivity contribution in [2.45, 2.75) is 25.8 Å². The summed E-state index contributed by atoms with van der Waals surface area (Å²) in [5.41, 5.74) is 7.48. The van der Waals surface area contributed by atoms with E-state index in [4.69, 9.17) is 0 Å². The monoisotopic (exact) mass is 368 g/mol. The number of fused-ring (bicyclic) bond motifs is 1. The van der Waals surface area contributed by atoms with Gasteiger partial charge in [-0.1, -0.05) is 11.6 Å². The molecule has 4 aromatic rings. The Hall–Kier alpha value is -2.98. The van der Waals surface area contributed by atoms with E-state index in [1.54, 1.807) is 0 Å². The molecule has 0 radical (unpaired) electrons. The van der Waals surface area contributed by atoms with Gasteiger partial charge in [0.1, 0.15) is 0 Å². The highest BCUT2D eigenvalue weighted by molar-refractivity contribution is 5.83. The number of likely N-dealkylation sites (tertiary alicyclic amines) is 1. The van der Waals surface area contributed by atoms with Crippen molar-refractivity contribution in [3.05, 3.63) is 83.9 Å². The summed E-state index contributed by atoms with van der Waals surface area (Å²) in [4.78, 5) is 14.7. The summed E-state index contributed by atoms with van der Waals surface area (Å²) in [5.74, 6) is 0.565. The number of aromatic nitrogens is 3. The van der Waals surface area contributed by atoms with Gasteiger partial charge >= 0.3 is 0 Å². The van der Waals surface area contributed by atoms with Crippen molar-refractivity contribution in [1.29, 1.82) is 0 Å². The molecular formula is C24H24N4. The van der Waals surface area contributed by atoms with Crippen LogP contribution >= 0.6 is 0 Å². The molecule has 0 bridgehead atoms. The number of H-pyrrole nitrogens is 1. The summed E-state index contributed by atoms with van der Waals surface area (Å²) < 4.78 is 0. The van der Waals surface area contributed by atoms with Crippen molar-refractivity contribution in [2.75, 3.05) is 13.1 Å². The SMILES string of the molecule is Cc1ccc2[nH]cc(CN3CCC(c4ccnc(-c5ccncc5)c4)C3)c2c1. The first kappa shape index (κ1) is 17.1. The molecule has 1 unspecified atom stereocenters. The van der Waals surface area contributed by atoms with Crippen LogP contribution in [0.3, 0.4) is 0 Å². The lowest BCUT2D eigenvalue weighted by Crippen LogP contribution is -2.19. The normalized spacial score (nSPS) is 17.4. The topological polar surface area (TPSA) is 44.8 Å². The van der Waals surface area contributed by atoms with Gasteiger partial charge in [-0.3, -0.25) is 14.9 Å². The van der Waals surface area contributed by atoms with Gasteiger partial charge in [0, 0.05) is 54.3 Å². The third-order valence-electron chi connectivity index (χ3n) is 5.82. The Kier molecular flexibility index (Phi) is 4.41. The third-order valence-corrected chi connectivity index (χ3v) is 5.82. The third kappa shape index (κ3) is 3.32. The zero-order valence-corrected chi connectivity index (χ0v) is 16.1. The van der Waals surface area contributed by atoms with Crippen LogP contribution < -0.4 is 0 Å². The molecule has 0 spiro atoms. The second kappa shape index (κ2) is 7.21. The Morgan fingerprint density at radius 3 is 2.86 bits per heavy atom. The molecule has 0 saturated carbocycles. The number of nitrogens with zero attached hydrogens (tertiary/aromatic N) is 3.